The quantitative estimate of drug-likeness (QED) is 0.441. The van der Waals surface area contributed by atoms with Crippen LogP contribution in [0.3, 0.4) is 0 Å². The number of carbonyl (C=O) groups is 2. The van der Waals surface area contributed by atoms with Crippen LogP contribution >= 0.6 is 11.6 Å². The summed E-state index contributed by atoms with van der Waals surface area (Å²) < 4.78 is 0. The van der Waals surface area contributed by atoms with Crippen LogP contribution in [0.15, 0.2) is 91.3 Å². The fraction of sp³-hybridized carbons (Fsp3) is 0.0400. The van der Waals surface area contributed by atoms with E-state index >= 15 is 0 Å². The molecule has 0 saturated heterocycles. The Morgan fingerprint density at radius 2 is 1.56 bits per heavy atom. The number of benzene rings is 2. The summed E-state index contributed by atoms with van der Waals surface area (Å²) >= 11 is 6.31. The van der Waals surface area contributed by atoms with Gasteiger partial charge in [-0.3, -0.25) is 19.6 Å². The van der Waals surface area contributed by atoms with Gasteiger partial charge in [0.15, 0.2) is 0 Å². The van der Waals surface area contributed by atoms with Crippen molar-refractivity contribution in [2.75, 3.05) is 5.32 Å². The average molecular weight is 443 g/mol. The highest BCUT2D eigenvalue weighted by atomic mass is 35.5. The molecule has 0 aliphatic carbocycles. The number of anilines is 1. The average Bonchev–Trinajstić information content (AvgIpc) is 2.85. The fourth-order valence-corrected chi connectivity index (χ4v) is 3.28. The number of nitrogens with one attached hydrogen (secondary N) is 2. The van der Waals surface area contributed by atoms with Crippen molar-refractivity contribution in [2.24, 2.45) is 0 Å². The minimum absolute atomic E-state index is 0.247. The van der Waals surface area contributed by atoms with Gasteiger partial charge in [0.05, 0.1) is 10.7 Å². The highest BCUT2D eigenvalue weighted by Gasteiger charge is 2.11. The second-order valence-electron chi connectivity index (χ2n) is 6.96. The van der Waals surface area contributed by atoms with E-state index in [1.807, 2.05) is 18.2 Å². The van der Waals surface area contributed by atoms with E-state index in [-0.39, 0.29) is 11.8 Å². The molecule has 0 bridgehead atoms. The van der Waals surface area contributed by atoms with E-state index in [0.29, 0.717) is 28.5 Å². The number of nitrogens with zero attached hydrogens (tertiary/aromatic N) is 2. The molecule has 0 atom stereocenters. The van der Waals surface area contributed by atoms with Crippen molar-refractivity contribution >= 4 is 29.1 Å². The number of pyridine rings is 2. The Kier molecular flexibility index (Phi) is 6.53. The zero-order valence-corrected chi connectivity index (χ0v) is 17.7. The molecule has 7 heteroatoms. The molecule has 4 aromatic rings. The van der Waals surface area contributed by atoms with E-state index in [1.165, 1.54) is 0 Å². The lowest BCUT2D eigenvalue weighted by Gasteiger charge is -2.10. The lowest BCUT2D eigenvalue weighted by atomic mass is 10.1. The summed E-state index contributed by atoms with van der Waals surface area (Å²) in [6.07, 6.45) is 3.26. The summed E-state index contributed by atoms with van der Waals surface area (Å²) in [7, 11) is 0. The van der Waals surface area contributed by atoms with E-state index < -0.39 is 0 Å². The lowest BCUT2D eigenvalue weighted by molar-refractivity contribution is 0.0945. The number of hydrogen-bond acceptors (Lipinski definition) is 4. The number of aromatic nitrogens is 2. The van der Waals surface area contributed by atoms with Gasteiger partial charge in [0.25, 0.3) is 11.8 Å². The molecule has 2 amide bonds. The van der Waals surface area contributed by atoms with Crippen molar-refractivity contribution in [1.82, 2.24) is 15.3 Å². The molecule has 2 N–H and O–H groups in total. The van der Waals surface area contributed by atoms with E-state index in [2.05, 4.69) is 20.6 Å². The first-order valence-corrected chi connectivity index (χ1v) is 10.3. The molecule has 0 aliphatic heterocycles. The minimum Gasteiger partial charge on any atom is -0.347 e. The Bertz CT molecular complexity index is 1230. The van der Waals surface area contributed by atoms with Crippen LogP contribution in [0, 0.1) is 0 Å². The van der Waals surface area contributed by atoms with Crippen LogP contribution < -0.4 is 10.6 Å². The molecular weight excluding hydrogens is 424 g/mol. The first-order valence-electron chi connectivity index (χ1n) is 9.90. The van der Waals surface area contributed by atoms with Crippen LogP contribution in [0.4, 0.5) is 5.69 Å². The summed E-state index contributed by atoms with van der Waals surface area (Å²) in [5.41, 5.74) is 3.81. The molecule has 0 saturated carbocycles. The second-order valence-corrected chi connectivity index (χ2v) is 7.37. The Labute approximate surface area is 190 Å². The molecule has 6 nitrogen and oxygen atoms in total. The van der Waals surface area contributed by atoms with Crippen molar-refractivity contribution in [2.45, 2.75) is 6.54 Å². The third-order valence-corrected chi connectivity index (χ3v) is 5.06. The van der Waals surface area contributed by atoms with Crippen molar-refractivity contribution in [3.05, 3.63) is 113 Å². The van der Waals surface area contributed by atoms with Gasteiger partial charge in [-0.2, -0.15) is 0 Å². The molecular formula is C25H19ClN4O2. The highest BCUT2D eigenvalue weighted by Crippen LogP contribution is 2.29. The standard InChI is InChI=1S/C25H19ClN4O2/c26-21-12-11-19(15-20(21)22-5-1-3-13-27-22)30-24(31)18-9-7-17(8-10-18)16-29-25(32)23-6-2-4-14-28-23/h1-15H,16H2,(H,29,32)(H,30,31). The van der Waals surface area contributed by atoms with E-state index in [9.17, 15) is 9.59 Å². The van der Waals surface area contributed by atoms with E-state index in [0.717, 1.165) is 16.8 Å². The number of halogens is 1. The first kappa shape index (κ1) is 21.2. The third-order valence-electron chi connectivity index (χ3n) is 4.73. The molecule has 32 heavy (non-hydrogen) atoms. The van der Waals surface area contributed by atoms with Crippen molar-refractivity contribution in [3.8, 4) is 11.3 Å². The highest BCUT2D eigenvalue weighted by molar-refractivity contribution is 6.33. The summed E-state index contributed by atoms with van der Waals surface area (Å²) in [4.78, 5) is 33.1. The Morgan fingerprint density at radius 3 is 2.25 bits per heavy atom. The normalized spacial score (nSPS) is 10.4. The van der Waals surface area contributed by atoms with Gasteiger partial charge < -0.3 is 10.6 Å². The molecule has 2 aromatic carbocycles. The van der Waals surface area contributed by atoms with Crippen molar-refractivity contribution in [3.63, 3.8) is 0 Å². The predicted molar refractivity (Wildman–Crippen MR) is 124 cm³/mol. The van der Waals surface area contributed by atoms with Gasteiger partial charge in [-0.1, -0.05) is 35.9 Å². The number of carbonyl (C=O) groups excluding carboxylic acids is 2. The second kappa shape index (κ2) is 9.85. The van der Waals surface area contributed by atoms with Gasteiger partial charge in [0.2, 0.25) is 0 Å². The third kappa shape index (κ3) is 5.17. The van der Waals surface area contributed by atoms with Crippen LogP contribution in [-0.4, -0.2) is 21.8 Å². The Balaban J connectivity index is 1.39. The van der Waals surface area contributed by atoms with Crippen molar-refractivity contribution in [1.29, 1.82) is 0 Å². The van der Waals surface area contributed by atoms with Gasteiger partial charge in [-0.25, -0.2) is 0 Å². The first-order chi connectivity index (χ1) is 15.6. The topological polar surface area (TPSA) is 84.0 Å². The fourth-order valence-electron chi connectivity index (χ4n) is 3.07. The van der Waals surface area contributed by atoms with Gasteiger partial charge in [0.1, 0.15) is 5.69 Å². The number of hydrogen-bond donors (Lipinski definition) is 2. The van der Waals surface area contributed by atoms with Gasteiger partial charge in [-0.05, 0) is 60.2 Å². The molecule has 2 heterocycles. The van der Waals surface area contributed by atoms with Crippen LogP contribution in [0.1, 0.15) is 26.4 Å². The SMILES string of the molecule is O=C(Nc1ccc(Cl)c(-c2ccccn2)c1)c1ccc(CNC(=O)c2ccccn2)cc1. The van der Waals surface area contributed by atoms with E-state index in [1.54, 1.807) is 73.1 Å². The molecule has 0 radical (unpaired) electrons. The summed E-state index contributed by atoms with van der Waals surface area (Å²) in [5, 5.41) is 6.25. The molecule has 0 aliphatic rings. The Hall–Kier alpha value is -4.03. The predicted octanol–water partition coefficient (Wildman–Crippen LogP) is 4.98. The van der Waals surface area contributed by atoms with Gasteiger partial charge in [0, 0.05) is 35.8 Å². The molecule has 4 rings (SSSR count). The monoisotopic (exact) mass is 442 g/mol. The van der Waals surface area contributed by atoms with Crippen LogP contribution in [0.2, 0.25) is 5.02 Å². The summed E-state index contributed by atoms with van der Waals surface area (Å²) in [5.74, 6) is -0.498. The van der Waals surface area contributed by atoms with Crippen LogP contribution in [0.25, 0.3) is 11.3 Å². The largest absolute Gasteiger partial charge is 0.347 e. The van der Waals surface area contributed by atoms with Crippen molar-refractivity contribution < 1.29 is 9.59 Å². The van der Waals surface area contributed by atoms with Crippen LogP contribution in [0.5, 0.6) is 0 Å². The maximum absolute atomic E-state index is 12.7. The molecule has 0 fully saturated rings. The lowest BCUT2D eigenvalue weighted by Crippen LogP contribution is -2.23. The summed E-state index contributed by atoms with van der Waals surface area (Å²) in [6, 6.07) is 23.0. The molecule has 0 spiro atoms. The molecule has 158 valence electrons. The molecule has 0 unspecified atom stereocenters. The van der Waals surface area contributed by atoms with Crippen LogP contribution in [-0.2, 0) is 6.54 Å². The van der Waals surface area contributed by atoms with Gasteiger partial charge in [-0.15, -0.1) is 0 Å². The maximum Gasteiger partial charge on any atom is 0.270 e. The smallest absolute Gasteiger partial charge is 0.270 e. The minimum atomic E-state index is -0.251. The maximum atomic E-state index is 12.7. The molecule has 2 aromatic heterocycles. The summed E-state index contributed by atoms with van der Waals surface area (Å²) in [6.45, 7) is 0.335. The Morgan fingerprint density at radius 1 is 0.812 bits per heavy atom. The number of amides is 2. The van der Waals surface area contributed by atoms with Gasteiger partial charge >= 0.3 is 0 Å². The van der Waals surface area contributed by atoms with E-state index in [4.69, 9.17) is 11.6 Å². The zero-order valence-electron chi connectivity index (χ0n) is 17.0. The zero-order chi connectivity index (χ0) is 22.3. The number of rotatable bonds is 6.